The Hall–Kier alpha value is -3.50. The molecular weight excluding hydrogens is 464 g/mol. The fraction of sp³-hybridized carbons (Fsp3) is 0.462. The van der Waals surface area contributed by atoms with Crippen LogP contribution in [0.1, 0.15) is 42.1 Å². The average molecular weight is 497 g/mol. The smallest absolute Gasteiger partial charge is 0.252 e. The van der Waals surface area contributed by atoms with Gasteiger partial charge >= 0.3 is 0 Å². The molecule has 1 saturated heterocycles. The highest BCUT2D eigenvalue weighted by molar-refractivity contribution is 5.94. The first-order valence-electron chi connectivity index (χ1n) is 12.3. The van der Waals surface area contributed by atoms with E-state index in [1.807, 2.05) is 31.2 Å². The highest BCUT2D eigenvalue weighted by atomic mass is 16.5. The zero-order chi connectivity index (χ0) is 25.3. The van der Waals surface area contributed by atoms with Gasteiger partial charge in [-0.05, 0) is 43.5 Å². The standard InChI is InChI=1S/C26H32N4O6/c1-2-34-17-25(32)30-10-8-23-22(15-30)29-24(31)7-4-9-28-26(33)19-12-21(14-27-13-19)36-20-6-3-5-18(11-20)16-35-23/h3,5-6,11-14,22-23H,2,4,7-10,15-17H2,1H3,(H,28,33)(H,29,31)/t22-,23-/m0/s1. The molecule has 1 fully saturated rings. The van der Waals surface area contributed by atoms with E-state index < -0.39 is 0 Å². The van der Waals surface area contributed by atoms with Gasteiger partial charge in [-0.1, -0.05) is 12.1 Å². The number of ether oxygens (including phenoxy) is 3. The lowest BCUT2D eigenvalue weighted by Crippen LogP contribution is -2.57. The van der Waals surface area contributed by atoms with Crippen molar-refractivity contribution < 1.29 is 28.6 Å². The van der Waals surface area contributed by atoms with Gasteiger partial charge in [0.15, 0.2) is 0 Å². The van der Waals surface area contributed by atoms with E-state index in [1.54, 1.807) is 17.2 Å². The second-order valence-corrected chi connectivity index (χ2v) is 8.81. The molecule has 10 nitrogen and oxygen atoms in total. The lowest BCUT2D eigenvalue weighted by Gasteiger charge is -2.38. The van der Waals surface area contributed by atoms with Crippen molar-refractivity contribution >= 4 is 17.7 Å². The highest BCUT2D eigenvalue weighted by Gasteiger charge is 2.33. The Bertz CT molecular complexity index is 1080. The number of hydrogen-bond donors (Lipinski definition) is 2. The van der Waals surface area contributed by atoms with Crippen LogP contribution in [0.3, 0.4) is 0 Å². The monoisotopic (exact) mass is 496 g/mol. The number of fused-ring (bicyclic) bond motifs is 5. The van der Waals surface area contributed by atoms with Gasteiger partial charge in [0, 0.05) is 38.9 Å². The molecule has 4 bridgehead atoms. The van der Waals surface area contributed by atoms with Gasteiger partial charge in [0.25, 0.3) is 5.91 Å². The van der Waals surface area contributed by atoms with Crippen molar-refractivity contribution in [1.82, 2.24) is 20.5 Å². The molecule has 3 heterocycles. The van der Waals surface area contributed by atoms with Gasteiger partial charge < -0.3 is 29.7 Å². The number of pyridine rings is 1. The molecule has 0 saturated carbocycles. The Labute approximate surface area is 210 Å². The van der Waals surface area contributed by atoms with Crippen LogP contribution in [-0.4, -0.2) is 72.6 Å². The van der Waals surface area contributed by atoms with Gasteiger partial charge in [-0.3, -0.25) is 19.4 Å². The largest absolute Gasteiger partial charge is 0.456 e. The molecule has 2 aliphatic rings. The van der Waals surface area contributed by atoms with Crippen molar-refractivity contribution in [3.05, 3.63) is 53.9 Å². The molecule has 2 N–H and O–H groups in total. The Balaban J connectivity index is 1.51. The summed E-state index contributed by atoms with van der Waals surface area (Å²) in [6.45, 7) is 3.87. The highest BCUT2D eigenvalue weighted by Crippen LogP contribution is 2.24. The van der Waals surface area contributed by atoms with Gasteiger partial charge in [-0.25, -0.2) is 0 Å². The number of hydrogen-bond acceptors (Lipinski definition) is 7. The summed E-state index contributed by atoms with van der Waals surface area (Å²) in [4.78, 5) is 43.6. The van der Waals surface area contributed by atoms with Crippen molar-refractivity contribution in [2.75, 3.05) is 32.8 Å². The third kappa shape index (κ3) is 7.02. The fourth-order valence-electron chi connectivity index (χ4n) is 4.24. The molecule has 192 valence electrons. The van der Waals surface area contributed by atoms with Crippen LogP contribution in [0, 0.1) is 0 Å². The van der Waals surface area contributed by atoms with E-state index in [-0.39, 0.29) is 42.9 Å². The molecule has 2 aliphatic heterocycles. The van der Waals surface area contributed by atoms with E-state index in [1.165, 1.54) is 6.20 Å². The van der Waals surface area contributed by atoms with Crippen LogP contribution in [0.4, 0.5) is 0 Å². The maximum absolute atomic E-state index is 12.7. The normalized spacial score (nSPS) is 21.2. The average Bonchev–Trinajstić information content (AvgIpc) is 2.88. The molecular formula is C26H32N4O6. The molecule has 0 radical (unpaired) electrons. The molecule has 1 aromatic carbocycles. The molecule has 10 heteroatoms. The number of piperidine rings is 1. The van der Waals surface area contributed by atoms with Crippen molar-refractivity contribution in [2.45, 2.75) is 44.9 Å². The molecule has 3 amide bonds. The summed E-state index contributed by atoms with van der Waals surface area (Å²) >= 11 is 0. The zero-order valence-electron chi connectivity index (χ0n) is 20.4. The van der Waals surface area contributed by atoms with Crippen LogP contribution in [0.15, 0.2) is 42.7 Å². The van der Waals surface area contributed by atoms with Crippen LogP contribution in [0.2, 0.25) is 0 Å². The number of amides is 3. The SMILES string of the molecule is CCOCC(=O)N1CC[C@@H]2OCc3cccc(c3)Oc3cncc(c3)C(=O)NCCCC(=O)N[C@H]2C1. The minimum Gasteiger partial charge on any atom is -0.456 e. The van der Waals surface area contributed by atoms with E-state index in [9.17, 15) is 14.4 Å². The van der Waals surface area contributed by atoms with Crippen LogP contribution in [-0.2, 0) is 25.7 Å². The Morgan fingerprint density at radius 3 is 2.97 bits per heavy atom. The fourth-order valence-corrected chi connectivity index (χ4v) is 4.24. The summed E-state index contributed by atoms with van der Waals surface area (Å²) < 4.78 is 17.4. The number of carbonyl (C=O) groups is 3. The minimum absolute atomic E-state index is 0.0206. The van der Waals surface area contributed by atoms with E-state index in [0.717, 1.165) is 5.56 Å². The first kappa shape index (κ1) is 25.6. The van der Waals surface area contributed by atoms with E-state index in [0.29, 0.717) is 62.8 Å². The Kier molecular flexibility index (Phi) is 8.85. The quantitative estimate of drug-likeness (QED) is 0.667. The molecule has 2 atom stereocenters. The van der Waals surface area contributed by atoms with Gasteiger partial charge in [0.2, 0.25) is 11.8 Å². The summed E-state index contributed by atoms with van der Waals surface area (Å²) in [6.07, 6.45) is 4.06. The number of likely N-dealkylation sites (tertiary alicyclic amines) is 1. The molecule has 0 aliphatic carbocycles. The number of rotatable bonds is 3. The lowest BCUT2D eigenvalue weighted by molar-refractivity contribution is -0.141. The predicted octanol–water partition coefficient (Wildman–Crippen LogP) is 2.04. The summed E-state index contributed by atoms with van der Waals surface area (Å²) in [5.41, 5.74) is 1.27. The van der Waals surface area contributed by atoms with Crippen molar-refractivity contribution in [2.24, 2.45) is 0 Å². The molecule has 0 unspecified atom stereocenters. The van der Waals surface area contributed by atoms with E-state index >= 15 is 0 Å². The van der Waals surface area contributed by atoms with Gasteiger partial charge in [0.05, 0.1) is 30.5 Å². The number of nitrogens with zero attached hydrogens (tertiary/aromatic N) is 2. The lowest BCUT2D eigenvalue weighted by atomic mass is 10.0. The van der Waals surface area contributed by atoms with E-state index in [2.05, 4.69) is 15.6 Å². The van der Waals surface area contributed by atoms with Gasteiger partial charge in [-0.15, -0.1) is 0 Å². The summed E-state index contributed by atoms with van der Waals surface area (Å²) in [5, 5.41) is 5.85. The van der Waals surface area contributed by atoms with Crippen LogP contribution >= 0.6 is 0 Å². The minimum atomic E-state index is -0.351. The third-order valence-electron chi connectivity index (χ3n) is 6.12. The molecule has 1 aromatic heterocycles. The summed E-state index contributed by atoms with van der Waals surface area (Å²) in [5.74, 6) is 0.506. The number of aromatic nitrogens is 1. The van der Waals surface area contributed by atoms with Crippen molar-refractivity contribution in [3.63, 3.8) is 0 Å². The first-order valence-corrected chi connectivity index (χ1v) is 12.3. The van der Waals surface area contributed by atoms with Crippen LogP contribution < -0.4 is 15.4 Å². The Morgan fingerprint density at radius 1 is 1.22 bits per heavy atom. The summed E-state index contributed by atoms with van der Waals surface area (Å²) in [6, 6.07) is 8.76. The molecule has 2 aromatic rings. The first-order chi connectivity index (χ1) is 17.5. The summed E-state index contributed by atoms with van der Waals surface area (Å²) in [7, 11) is 0. The second-order valence-electron chi connectivity index (χ2n) is 8.81. The maximum Gasteiger partial charge on any atom is 0.252 e. The predicted molar refractivity (Wildman–Crippen MR) is 131 cm³/mol. The van der Waals surface area contributed by atoms with Crippen LogP contribution in [0.25, 0.3) is 0 Å². The van der Waals surface area contributed by atoms with Gasteiger partial charge in [0.1, 0.15) is 18.1 Å². The zero-order valence-corrected chi connectivity index (χ0v) is 20.4. The van der Waals surface area contributed by atoms with Crippen LogP contribution in [0.5, 0.6) is 11.5 Å². The maximum atomic E-state index is 12.7. The topological polar surface area (TPSA) is 119 Å². The van der Waals surface area contributed by atoms with Gasteiger partial charge in [-0.2, -0.15) is 0 Å². The molecule has 4 rings (SSSR count). The van der Waals surface area contributed by atoms with Crippen molar-refractivity contribution in [3.8, 4) is 11.5 Å². The molecule has 36 heavy (non-hydrogen) atoms. The van der Waals surface area contributed by atoms with E-state index in [4.69, 9.17) is 14.2 Å². The van der Waals surface area contributed by atoms with Crippen molar-refractivity contribution in [1.29, 1.82) is 0 Å². The third-order valence-corrected chi connectivity index (χ3v) is 6.12. The number of nitrogens with one attached hydrogen (secondary N) is 2. The molecule has 0 spiro atoms. The number of carbonyl (C=O) groups excluding carboxylic acids is 3. The Morgan fingerprint density at radius 2 is 2.11 bits per heavy atom. The second kappa shape index (κ2) is 12.5. The number of benzene rings is 1.